The Morgan fingerprint density at radius 3 is 2.23 bits per heavy atom. The van der Waals surface area contributed by atoms with Gasteiger partial charge in [0.1, 0.15) is 0 Å². The number of hydrogen-bond donors (Lipinski definition) is 0. The molecule has 9 nitrogen and oxygen atoms in total. The molecule has 0 N–H and O–H groups in total. The van der Waals surface area contributed by atoms with Crippen molar-refractivity contribution >= 4 is 46.6 Å². The van der Waals surface area contributed by atoms with Crippen LogP contribution in [0.25, 0.3) is 0 Å². The predicted molar refractivity (Wildman–Crippen MR) is 165 cm³/mol. The van der Waals surface area contributed by atoms with E-state index >= 15 is 0 Å². The Morgan fingerprint density at radius 2 is 1.58 bits per heavy atom. The summed E-state index contributed by atoms with van der Waals surface area (Å²) in [4.78, 5) is 45.8. The highest BCUT2D eigenvalue weighted by Gasteiger charge is 2.49. The summed E-state index contributed by atoms with van der Waals surface area (Å²) in [6.07, 6.45) is 5.41. The third kappa shape index (κ3) is 5.82. The summed E-state index contributed by atoms with van der Waals surface area (Å²) in [5, 5.41) is 9.70. The lowest BCUT2D eigenvalue weighted by Crippen LogP contribution is -2.57. The van der Waals surface area contributed by atoms with Crippen molar-refractivity contribution in [2.45, 2.75) is 71.6 Å². The van der Waals surface area contributed by atoms with E-state index in [-0.39, 0.29) is 41.6 Å². The highest BCUT2D eigenvalue weighted by molar-refractivity contribution is 6.42. The van der Waals surface area contributed by atoms with Gasteiger partial charge in [0.2, 0.25) is 11.8 Å². The Morgan fingerprint density at radius 1 is 0.907 bits per heavy atom. The van der Waals surface area contributed by atoms with Crippen LogP contribution in [0.1, 0.15) is 66.7 Å². The fraction of sp³-hybridized carbons (Fsp3) is 0.469. The van der Waals surface area contributed by atoms with Gasteiger partial charge in [-0.1, -0.05) is 53.4 Å². The summed E-state index contributed by atoms with van der Waals surface area (Å²) in [7, 11) is 0. The molecule has 2 saturated heterocycles. The summed E-state index contributed by atoms with van der Waals surface area (Å²) >= 11 is 12.2. The molecule has 4 atom stereocenters. The van der Waals surface area contributed by atoms with E-state index in [0.717, 1.165) is 42.5 Å². The van der Waals surface area contributed by atoms with Crippen LogP contribution in [0, 0.1) is 18.8 Å². The topological polar surface area (TPSA) is 91.6 Å². The Kier molecular flexibility index (Phi) is 8.33. The number of carbonyl (C=O) groups is 3. The number of rotatable bonds is 6. The second kappa shape index (κ2) is 12.0. The second-order valence-electron chi connectivity index (χ2n) is 12.2. The molecule has 2 aliphatic heterocycles. The minimum atomic E-state index is -0.229. The molecule has 11 heteroatoms. The van der Waals surface area contributed by atoms with Gasteiger partial charge in [0, 0.05) is 37.3 Å². The van der Waals surface area contributed by atoms with E-state index in [1.54, 1.807) is 22.9 Å². The molecule has 1 saturated carbocycles. The number of imide groups is 1. The molecule has 1 aromatic heterocycles. The van der Waals surface area contributed by atoms with E-state index in [1.807, 2.05) is 36.2 Å². The van der Waals surface area contributed by atoms with Crippen molar-refractivity contribution in [3.05, 3.63) is 75.0 Å². The summed E-state index contributed by atoms with van der Waals surface area (Å²) in [6.45, 7) is 8.36. The monoisotopic (exact) mass is 622 g/mol. The van der Waals surface area contributed by atoms with E-state index in [2.05, 4.69) is 29.1 Å². The molecule has 3 fully saturated rings. The summed E-state index contributed by atoms with van der Waals surface area (Å²) < 4.78 is 1.78. The fourth-order valence-corrected chi connectivity index (χ4v) is 7.22. The van der Waals surface area contributed by atoms with E-state index in [0.29, 0.717) is 47.5 Å². The maximum Gasteiger partial charge on any atom is 0.254 e. The quantitative estimate of drug-likeness (QED) is 0.344. The number of nitrogens with zero attached hydrogens (tertiary/aromatic N) is 6. The third-order valence-corrected chi connectivity index (χ3v) is 9.93. The Balaban J connectivity index is 1.12. The highest BCUT2D eigenvalue weighted by Crippen LogP contribution is 2.41. The maximum absolute atomic E-state index is 13.7. The average molecular weight is 624 g/mol. The number of benzene rings is 2. The Labute approximate surface area is 261 Å². The van der Waals surface area contributed by atoms with Gasteiger partial charge in [-0.25, -0.2) is 9.58 Å². The normalized spacial score (nSPS) is 24.5. The van der Waals surface area contributed by atoms with E-state index in [4.69, 9.17) is 23.2 Å². The predicted octanol–water partition coefficient (Wildman–Crippen LogP) is 5.36. The number of piperazine rings is 1. The molecule has 3 aromatic rings. The van der Waals surface area contributed by atoms with E-state index < -0.39 is 0 Å². The smallest absolute Gasteiger partial charge is 0.254 e. The largest absolute Gasteiger partial charge is 0.336 e. The van der Waals surface area contributed by atoms with Gasteiger partial charge in [-0.15, -0.1) is 5.10 Å². The summed E-state index contributed by atoms with van der Waals surface area (Å²) in [5.41, 5.74) is 3.68. The van der Waals surface area contributed by atoms with Crippen LogP contribution in [0.15, 0.2) is 42.6 Å². The van der Waals surface area contributed by atoms with Gasteiger partial charge in [0.25, 0.3) is 5.91 Å². The van der Waals surface area contributed by atoms with Gasteiger partial charge >= 0.3 is 0 Å². The van der Waals surface area contributed by atoms with Crippen LogP contribution < -0.4 is 4.90 Å². The Bertz CT molecular complexity index is 1540. The first-order valence-electron chi connectivity index (χ1n) is 15.0. The first-order chi connectivity index (χ1) is 20.6. The number of aryl methyl sites for hydroxylation is 1. The lowest BCUT2D eigenvalue weighted by Gasteiger charge is -2.44. The highest BCUT2D eigenvalue weighted by atomic mass is 35.5. The summed E-state index contributed by atoms with van der Waals surface area (Å²) in [5.74, 6) is -0.789. The first kappa shape index (κ1) is 29.8. The molecular weight excluding hydrogens is 587 g/mol. The number of anilines is 1. The van der Waals surface area contributed by atoms with Crippen molar-refractivity contribution in [1.82, 2.24) is 24.8 Å². The maximum atomic E-state index is 13.7. The lowest BCUT2D eigenvalue weighted by atomic mass is 9.81. The number of hydrogen-bond acceptors (Lipinski definition) is 6. The number of carbonyl (C=O) groups excluding carboxylic acids is 3. The molecule has 1 aliphatic carbocycles. The average Bonchev–Trinajstić information content (AvgIpc) is 3.53. The summed E-state index contributed by atoms with van der Waals surface area (Å²) in [6, 6.07) is 11.1. The van der Waals surface area contributed by atoms with Crippen molar-refractivity contribution in [2.75, 3.05) is 18.0 Å². The van der Waals surface area contributed by atoms with Crippen molar-refractivity contribution < 1.29 is 14.4 Å². The van der Waals surface area contributed by atoms with Gasteiger partial charge in [-0.05, 0) is 69.0 Å². The van der Waals surface area contributed by atoms with Gasteiger partial charge in [0.05, 0.1) is 46.0 Å². The van der Waals surface area contributed by atoms with Crippen LogP contribution in [0.2, 0.25) is 10.0 Å². The molecule has 3 aliphatic rings. The molecule has 3 amide bonds. The molecule has 2 aromatic carbocycles. The number of aromatic nitrogens is 3. The molecule has 0 spiro atoms. The SMILES string of the molecule is Cc1ccc(C(=O)N2C[C@@H](C)N(Cc3cn(Cc4ccc(Cl)c(Cl)c4)nn3)[C@@H](C)C2)cc1N1C(=O)C2CCCCC2C1=O. The van der Waals surface area contributed by atoms with E-state index in [1.165, 1.54) is 4.90 Å². The van der Waals surface area contributed by atoms with Gasteiger partial charge in [-0.2, -0.15) is 0 Å². The third-order valence-electron chi connectivity index (χ3n) is 9.19. The number of fused-ring (bicyclic) bond motifs is 1. The molecular formula is C32H36Cl2N6O3. The van der Waals surface area contributed by atoms with Gasteiger partial charge in [-0.3, -0.25) is 19.3 Å². The molecule has 226 valence electrons. The first-order valence-corrected chi connectivity index (χ1v) is 15.7. The Hall–Kier alpha value is -3.27. The van der Waals surface area contributed by atoms with Crippen molar-refractivity contribution in [3.8, 4) is 0 Å². The molecule has 43 heavy (non-hydrogen) atoms. The zero-order chi connectivity index (χ0) is 30.4. The molecule has 2 unspecified atom stereocenters. The number of halogens is 2. The van der Waals surface area contributed by atoms with Gasteiger partial charge in [0.15, 0.2) is 0 Å². The minimum absolute atomic E-state index is 0.0858. The van der Waals surface area contributed by atoms with Crippen LogP contribution in [0.3, 0.4) is 0 Å². The van der Waals surface area contributed by atoms with Crippen LogP contribution in [-0.2, 0) is 22.7 Å². The molecule has 0 radical (unpaired) electrons. The molecule has 0 bridgehead atoms. The minimum Gasteiger partial charge on any atom is -0.336 e. The van der Waals surface area contributed by atoms with Crippen LogP contribution in [0.5, 0.6) is 0 Å². The van der Waals surface area contributed by atoms with Gasteiger partial charge < -0.3 is 4.90 Å². The van der Waals surface area contributed by atoms with Crippen molar-refractivity contribution in [1.29, 1.82) is 0 Å². The van der Waals surface area contributed by atoms with E-state index in [9.17, 15) is 14.4 Å². The van der Waals surface area contributed by atoms with Crippen molar-refractivity contribution in [2.24, 2.45) is 11.8 Å². The van der Waals surface area contributed by atoms with Crippen LogP contribution in [0.4, 0.5) is 5.69 Å². The van der Waals surface area contributed by atoms with Crippen LogP contribution >= 0.6 is 23.2 Å². The zero-order valence-electron chi connectivity index (χ0n) is 24.7. The molecule has 3 heterocycles. The molecule has 6 rings (SSSR count). The lowest BCUT2D eigenvalue weighted by molar-refractivity contribution is -0.122. The van der Waals surface area contributed by atoms with Crippen LogP contribution in [-0.4, -0.2) is 67.7 Å². The second-order valence-corrected chi connectivity index (χ2v) is 13.1. The van der Waals surface area contributed by atoms with Crippen molar-refractivity contribution in [3.63, 3.8) is 0 Å². The zero-order valence-corrected chi connectivity index (χ0v) is 26.2. The fourth-order valence-electron chi connectivity index (χ4n) is 6.90. The standard InChI is InChI=1S/C32H36Cl2N6O3/c1-19-8-10-23(13-29(19)40-31(42)25-6-4-5-7-26(25)32(40)43)30(41)37-14-20(2)39(21(3)15-37)18-24-17-38(36-35-24)16-22-9-11-27(33)28(34)12-22/h8-13,17,20-21,25-26H,4-7,14-16,18H2,1-3H3/t20-,21+,25?,26?. The number of amides is 3.